The van der Waals surface area contributed by atoms with Gasteiger partial charge in [0, 0.05) is 12.8 Å². The van der Waals surface area contributed by atoms with E-state index in [9.17, 15) is 9.59 Å². The average Bonchev–Trinajstić information content (AvgIpc) is 2.46. The highest BCUT2D eigenvalue weighted by molar-refractivity contribution is 5.97. The van der Waals surface area contributed by atoms with Crippen LogP contribution in [0, 0.1) is 0 Å². The van der Waals surface area contributed by atoms with Gasteiger partial charge in [0.05, 0.1) is 5.54 Å². The average molecular weight is 153 g/mol. The van der Waals surface area contributed by atoms with Gasteiger partial charge in [-0.25, -0.2) is 0 Å². The first-order chi connectivity index (χ1) is 5.23. The maximum atomic E-state index is 11.3. The number of ketones is 1. The molecule has 1 N–H and O–H groups in total. The first kappa shape index (κ1) is 6.83. The van der Waals surface area contributed by atoms with E-state index in [1.54, 1.807) is 0 Å². The lowest BCUT2D eigenvalue weighted by Crippen LogP contribution is -2.44. The van der Waals surface area contributed by atoms with Gasteiger partial charge < -0.3 is 5.32 Å². The maximum absolute atomic E-state index is 11.3. The number of Topliss-reactive ketones (excluding diaryl/α,β-unsaturated/α-hetero) is 1. The largest absolute Gasteiger partial charge is 0.344 e. The Bertz CT molecular complexity index is 224. The predicted octanol–water partition coefficient (Wildman–Crippen LogP) is 0.388. The number of nitrogens with one attached hydrogen (secondary N) is 1. The fraction of sp³-hybridized carbons (Fsp3) is 0.750. The zero-order valence-corrected chi connectivity index (χ0v) is 6.35. The second kappa shape index (κ2) is 2.06. The van der Waals surface area contributed by atoms with Crippen LogP contribution in [-0.2, 0) is 9.59 Å². The molecule has 3 heteroatoms. The van der Waals surface area contributed by atoms with E-state index in [1.807, 2.05) is 0 Å². The third kappa shape index (κ3) is 0.870. The van der Waals surface area contributed by atoms with Crippen LogP contribution >= 0.6 is 0 Å². The van der Waals surface area contributed by atoms with Crippen molar-refractivity contribution in [3.05, 3.63) is 0 Å². The number of carbonyl (C=O) groups excluding carboxylic acids is 2. The van der Waals surface area contributed by atoms with Gasteiger partial charge >= 0.3 is 0 Å². The summed E-state index contributed by atoms with van der Waals surface area (Å²) in [7, 11) is 0. The first-order valence-electron chi connectivity index (χ1n) is 4.07. The highest BCUT2D eigenvalue weighted by Crippen LogP contribution is 2.33. The third-order valence-corrected chi connectivity index (χ3v) is 2.70. The zero-order chi connectivity index (χ0) is 7.90. The smallest absolute Gasteiger partial charge is 0.220 e. The normalized spacial score (nSPS) is 36.7. The summed E-state index contributed by atoms with van der Waals surface area (Å²) in [6.45, 7) is 0. The molecule has 0 aromatic carbocycles. The van der Waals surface area contributed by atoms with Crippen molar-refractivity contribution < 1.29 is 9.59 Å². The van der Waals surface area contributed by atoms with Crippen LogP contribution in [0.25, 0.3) is 0 Å². The summed E-state index contributed by atoms with van der Waals surface area (Å²) in [5.74, 6) is 0.281. The van der Waals surface area contributed by atoms with E-state index >= 15 is 0 Å². The SMILES string of the molecule is O=C1CCC2(CCCC2=O)N1. The van der Waals surface area contributed by atoms with Gasteiger partial charge in [-0.3, -0.25) is 9.59 Å². The van der Waals surface area contributed by atoms with Crippen molar-refractivity contribution in [2.75, 3.05) is 0 Å². The molecule has 1 atom stereocenters. The molecule has 2 fully saturated rings. The molecule has 1 amide bonds. The quantitative estimate of drug-likeness (QED) is 0.547. The van der Waals surface area contributed by atoms with Crippen LogP contribution in [0.2, 0.25) is 0 Å². The Morgan fingerprint density at radius 2 is 2.00 bits per heavy atom. The predicted molar refractivity (Wildman–Crippen MR) is 39.0 cm³/mol. The molecule has 0 radical (unpaired) electrons. The number of carbonyl (C=O) groups is 2. The second-order valence-corrected chi connectivity index (χ2v) is 3.41. The molecule has 2 rings (SSSR count). The molecule has 0 bridgehead atoms. The minimum atomic E-state index is -0.420. The molecule has 1 unspecified atom stereocenters. The second-order valence-electron chi connectivity index (χ2n) is 3.41. The Labute approximate surface area is 65.2 Å². The molecular formula is C8H11NO2. The van der Waals surface area contributed by atoms with Gasteiger partial charge in [-0.1, -0.05) is 0 Å². The zero-order valence-electron chi connectivity index (χ0n) is 6.35. The Balaban J connectivity index is 2.22. The van der Waals surface area contributed by atoms with E-state index in [4.69, 9.17) is 0 Å². The molecule has 1 spiro atoms. The van der Waals surface area contributed by atoms with E-state index in [0.717, 1.165) is 19.3 Å². The van der Waals surface area contributed by atoms with Gasteiger partial charge in [0.1, 0.15) is 0 Å². The number of hydrogen-bond acceptors (Lipinski definition) is 2. The molecule has 2 aliphatic rings. The molecule has 1 aliphatic carbocycles. The van der Waals surface area contributed by atoms with Crippen LogP contribution < -0.4 is 5.32 Å². The van der Waals surface area contributed by atoms with Crippen molar-refractivity contribution in [2.45, 2.75) is 37.6 Å². The monoisotopic (exact) mass is 153 g/mol. The molecule has 1 heterocycles. The summed E-state index contributed by atoms with van der Waals surface area (Å²) >= 11 is 0. The third-order valence-electron chi connectivity index (χ3n) is 2.70. The lowest BCUT2D eigenvalue weighted by atomic mass is 9.95. The van der Waals surface area contributed by atoms with Crippen LogP contribution in [0.4, 0.5) is 0 Å². The Morgan fingerprint density at radius 3 is 2.45 bits per heavy atom. The summed E-state index contributed by atoms with van der Waals surface area (Å²) in [5.41, 5.74) is -0.420. The molecular weight excluding hydrogens is 142 g/mol. The van der Waals surface area contributed by atoms with E-state index < -0.39 is 5.54 Å². The summed E-state index contributed by atoms with van der Waals surface area (Å²) < 4.78 is 0. The van der Waals surface area contributed by atoms with Gasteiger partial charge in [0.2, 0.25) is 5.91 Å². The van der Waals surface area contributed by atoms with E-state index in [0.29, 0.717) is 12.8 Å². The van der Waals surface area contributed by atoms with Crippen molar-refractivity contribution in [1.29, 1.82) is 0 Å². The molecule has 3 nitrogen and oxygen atoms in total. The number of rotatable bonds is 0. The summed E-state index contributed by atoms with van der Waals surface area (Å²) in [5, 5.41) is 2.79. The van der Waals surface area contributed by atoms with E-state index in [-0.39, 0.29) is 11.7 Å². The molecule has 0 aromatic rings. The van der Waals surface area contributed by atoms with E-state index in [2.05, 4.69) is 5.32 Å². The fourth-order valence-electron chi connectivity index (χ4n) is 2.04. The minimum absolute atomic E-state index is 0.0419. The van der Waals surface area contributed by atoms with Crippen LogP contribution in [0.1, 0.15) is 32.1 Å². The van der Waals surface area contributed by atoms with Gasteiger partial charge in [-0.2, -0.15) is 0 Å². The first-order valence-corrected chi connectivity index (χ1v) is 4.07. The Hall–Kier alpha value is -0.860. The van der Waals surface area contributed by atoms with Gasteiger partial charge in [0.15, 0.2) is 5.78 Å². The number of hydrogen-bond donors (Lipinski definition) is 1. The highest BCUT2D eigenvalue weighted by atomic mass is 16.2. The van der Waals surface area contributed by atoms with Crippen LogP contribution in [0.15, 0.2) is 0 Å². The topological polar surface area (TPSA) is 46.2 Å². The van der Waals surface area contributed by atoms with Gasteiger partial charge in [-0.15, -0.1) is 0 Å². The van der Waals surface area contributed by atoms with E-state index in [1.165, 1.54) is 0 Å². The lowest BCUT2D eigenvalue weighted by Gasteiger charge is -2.19. The summed E-state index contributed by atoms with van der Waals surface area (Å²) in [6, 6.07) is 0. The molecule has 60 valence electrons. The standard InChI is InChI=1S/C8H11NO2/c10-6-2-1-4-8(6)5-3-7(11)9-8/h1-5H2,(H,9,11). The molecule has 11 heavy (non-hydrogen) atoms. The minimum Gasteiger partial charge on any atom is -0.344 e. The Morgan fingerprint density at radius 1 is 1.18 bits per heavy atom. The molecule has 1 aliphatic heterocycles. The molecule has 1 saturated heterocycles. The summed E-state index contributed by atoms with van der Waals surface area (Å²) in [6.07, 6.45) is 3.72. The van der Waals surface area contributed by atoms with Crippen LogP contribution in [0.5, 0.6) is 0 Å². The highest BCUT2D eigenvalue weighted by Gasteiger charge is 2.46. The van der Waals surface area contributed by atoms with Crippen LogP contribution in [0.3, 0.4) is 0 Å². The number of amides is 1. The lowest BCUT2D eigenvalue weighted by molar-refractivity contribution is -0.126. The Kier molecular flexibility index (Phi) is 1.28. The fourth-order valence-corrected chi connectivity index (χ4v) is 2.04. The molecule has 1 saturated carbocycles. The van der Waals surface area contributed by atoms with Crippen molar-refractivity contribution >= 4 is 11.7 Å². The van der Waals surface area contributed by atoms with Crippen molar-refractivity contribution in [1.82, 2.24) is 5.32 Å². The van der Waals surface area contributed by atoms with Crippen molar-refractivity contribution in [2.24, 2.45) is 0 Å². The molecule has 0 aromatic heterocycles. The maximum Gasteiger partial charge on any atom is 0.220 e. The van der Waals surface area contributed by atoms with Gasteiger partial charge in [-0.05, 0) is 19.3 Å². The van der Waals surface area contributed by atoms with Crippen molar-refractivity contribution in [3.63, 3.8) is 0 Å². The van der Waals surface area contributed by atoms with Gasteiger partial charge in [0.25, 0.3) is 0 Å². The van der Waals surface area contributed by atoms with Crippen molar-refractivity contribution in [3.8, 4) is 0 Å². The summed E-state index contributed by atoms with van der Waals surface area (Å²) in [4.78, 5) is 22.2. The van der Waals surface area contributed by atoms with Crippen LogP contribution in [-0.4, -0.2) is 17.2 Å².